The van der Waals surface area contributed by atoms with Gasteiger partial charge in [0.1, 0.15) is 0 Å². The van der Waals surface area contributed by atoms with Gasteiger partial charge < -0.3 is 5.11 Å². The number of rotatable bonds is 2. The molecular weight excluding hydrogens is 181 g/mol. The van der Waals surface area contributed by atoms with Crippen LogP contribution in [0.15, 0.2) is 12.1 Å². The normalized spacial score (nSPS) is 9.62. The van der Waals surface area contributed by atoms with Crippen molar-refractivity contribution in [1.29, 1.82) is 0 Å². The number of carbonyl (C=O) groups excluding carboxylic acids is 1. The van der Waals surface area contributed by atoms with Crippen LogP contribution in [0.3, 0.4) is 0 Å². The third kappa shape index (κ3) is 1.61. The minimum Gasteiger partial charge on any atom is -0.505 e. The van der Waals surface area contributed by atoms with Gasteiger partial charge >= 0.3 is 0 Å². The second kappa shape index (κ2) is 3.18. The second-order valence-corrected chi connectivity index (χ2v) is 2.24. The average molecular weight is 185 g/mol. The van der Waals surface area contributed by atoms with Crippen LogP contribution in [0.1, 0.15) is 10.4 Å². The molecule has 0 aliphatic carbocycles. The van der Waals surface area contributed by atoms with E-state index in [0.29, 0.717) is 12.1 Å². The number of nitro benzene ring substituents is 1. The first-order chi connectivity index (χ1) is 6.06. The van der Waals surface area contributed by atoms with Gasteiger partial charge in [-0.25, -0.2) is 4.39 Å². The molecule has 0 aliphatic rings. The van der Waals surface area contributed by atoms with Crippen molar-refractivity contribution in [2.45, 2.75) is 0 Å². The van der Waals surface area contributed by atoms with Crippen molar-refractivity contribution in [1.82, 2.24) is 0 Å². The van der Waals surface area contributed by atoms with E-state index in [1.807, 2.05) is 0 Å². The second-order valence-electron chi connectivity index (χ2n) is 2.24. The van der Waals surface area contributed by atoms with Crippen molar-refractivity contribution < 1.29 is 19.2 Å². The summed E-state index contributed by atoms with van der Waals surface area (Å²) in [6.45, 7) is 0. The fourth-order valence-electron chi connectivity index (χ4n) is 0.820. The summed E-state index contributed by atoms with van der Waals surface area (Å²) in [5.74, 6) is -1.91. The van der Waals surface area contributed by atoms with Crippen LogP contribution in [0.4, 0.5) is 10.1 Å². The molecule has 1 aromatic rings. The Labute approximate surface area is 71.6 Å². The van der Waals surface area contributed by atoms with Crippen molar-refractivity contribution in [3.05, 3.63) is 33.6 Å². The van der Waals surface area contributed by atoms with Gasteiger partial charge in [-0.3, -0.25) is 14.9 Å². The van der Waals surface area contributed by atoms with Crippen LogP contribution in [0.5, 0.6) is 5.75 Å². The molecule has 0 saturated carbocycles. The number of nitro groups is 1. The van der Waals surface area contributed by atoms with Crippen LogP contribution in [0.2, 0.25) is 0 Å². The van der Waals surface area contributed by atoms with Crippen molar-refractivity contribution in [3.8, 4) is 5.75 Å². The smallest absolute Gasteiger partial charge is 0.283 e. The number of aromatic hydroxyl groups is 1. The highest BCUT2D eigenvalue weighted by Gasteiger charge is 2.17. The van der Waals surface area contributed by atoms with E-state index >= 15 is 0 Å². The van der Waals surface area contributed by atoms with Gasteiger partial charge in [-0.1, -0.05) is 0 Å². The van der Waals surface area contributed by atoms with Crippen LogP contribution in [0.25, 0.3) is 0 Å². The molecule has 0 radical (unpaired) electrons. The lowest BCUT2D eigenvalue weighted by atomic mass is 10.2. The van der Waals surface area contributed by atoms with Crippen molar-refractivity contribution in [2.24, 2.45) is 0 Å². The van der Waals surface area contributed by atoms with Gasteiger partial charge in [-0.05, 0) is 0 Å². The summed E-state index contributed by atoms with van der Waals surface area (Å²) in [5.41, 5.74) is -1.02. The molecule has 0 amide bonds. The summed E-state index contributed by atoms with van der Waals surface area (Å²) < 4.78 is 12.6. The summed E-state index contributed by atoms with van der Waals surface area (Å²) in [5, 5.41) is 19.0. The molecule has 13 heavy (non-hydrogen) atoms. The van der Waals surface area contributed by atoms with Gasteiger partial charge in [0.15, 0.2) is 17.9 Å². The van der Waals surface area contributed by atoms with E-state index in [2.05, 4.69) is 0 Å². The van der Waals surface area contributed by atoms with Gasteiger partial charge in [0.25, 0.3) is 5.69 Å². The number of nitrogens with zero attached hydrogens (tertiary/aromatic N) is 1. The van der Waals surface area contributed by atoms with E-state index in [1.54, 1.807) is 0 Å². The lowest BCUT2D eigenvalue weighted by Gasteiger charge is -1.97. The number of benzene rings is 1. The molecular formula is C7H4FNO4. The summed E-state index contributed by atoms with van der Waals surface area (Å²) in [7, 11) is 0. The van der Waals surface area contributed by atoms with Crippen LogP contribution in [-0.2, 0) is 0 Å². The third-order valence-corrected chi connectivity index (χ3v) is 1.42. The highest BCUT2D eigenvalue weighted by atomic mass is 19.1. The first-order valence-corrected chi connectivity index (χ1v) is 3.18. The van der Waals surface area contributed by atoms with Crippen molar-refractivity contribution in [3.63, 3.8) is 0 Å². The van der Waals surface area contributed by atoms with Gasteiger partial charge in [0.05, 0.1) is 16.6 Å². The van der Waals surface area contributed by atoms with Crippen LogP contribution in [-0.4, -0.2) is 16.3 Å². The molecule has 68 valence electrons. The Morgan fingerprint density at radius 2 is 2.15 bits per heavy atom. The maximum atomic E-state index is 12.6. The Balaban J connectivity index is 3.41. The maximum Gasteiger partial charge on any atom is 0.283 e. The molecule has 0 fully saturated rings. The van der Waals surface area contributed by atoms with Crippen LogP contribution < -0.4 is 0 Å². The van der Waals surface area contributed by atoms with Crippen LogP contribution >= 0.6 is 0 Å². The van der Waals surface area contributed by atoms with Gasteiger partial charge in [0.2, 0.25) is 0 Å². The molecule has 0 aliphatic heterocycles. The SMILES string of the molecule is O=Cc1cc(O)c(F)cc1[N+](=O)[O-]. The Bertz CT molecular complexity index is 377. The van der Waals surface area contributed by atoms with E-state index in [9.17, 15) is 19.3 Å². The van der Waals surface area contributed by atoms with Gasteiger partial charge in [0, 0.05) is 6.07 Å². The number of halogens is 1. The third-order valence-electron chi connectivity index (χ3n) is 1.42. The number of hydrogen-bond acceptors (Lipinski definition) is 4. The molecule has 0 bridgehead atoms. The number of aldehydes is 1. The monoisotopic (exact) mass is 185 g/mol. The molecule has 0 aromatic heterocycles. The van der Waals surface area contributed by atoms with E-state index in [-0.39, 0.29) is 11.8 Å². The van der Waals surface area contributed by atoms with Crippen LogP contribution in [0, 0.1) is 15.9 Å². The predicted molar refractivity (Wildman–Crippen MR) is 40.1 cm³/mol. The zero-order valence-electron chi connectivity index (χ0n) is 6.23. The number of carbonyl (C=O) groups is 1. The highest BCUT2D eigenvalue weighted by Crippen LogP contribution is 2.25. The first-order valence-electron chi connectivity index (χ1n) is 3.18. The Morgan fingerprint density at radius 3 is 2.62 bits per heavy atom. The summed E-state index contributed by atoms with van der Waals surface area (Å²) in [6, 6.07) is 1.21. The molecule has 0 unspecified atom stereocenters. The molecule has 0 saturated heterocycles. The summed E-state index contributed by atoms with van der Waals surface area (Å²) in [4.78, 5) is 19.6. The van der Waals surface area contributed by atoms with Gasteiger partial charge in [-0.2, -0.15) is 0 Å². The van der Waals surface area contributed by atoms with E-state index in [0.717, 1.165) is 0 Å². The predicted octanol–water partition coefficient (Wildman–Crippen LogP) is 1.25. The Hall–Kier alpha value is -1.98. The highest BCUT2D eigenvalue weighted by molar-refractivity contribution is 5.82. The van der Waals surface area contributed by atoms with Crippen molar-refractivity contribution >= 4 is 12.0 Å². The molecule has 0 heterocycles. The molecule has 1 rings (SSSR count). The maximum absolute atomic E-state index is 12.6. The minimum atomic E-state index is -1.13. The first kappa shape index (κ1) is 9.11. The topological polar surface area (TPSA) is 80.4 Å². The standard InChI is InChI=1S/C7H4FNO4/c8-5-2-6(9(12)13)4(3-10)1-7(5)11/h1-3,11H. The number of phenols is 1. The lowest BCUT2D eigenvalue weighted by molar-refractivity contribution is -0.385. The Morgan fingerprint density at radius 1 is 1.54 bits per heavy atom. The summed E-state index contributed by atoms with van der Waals surface area (Å²) in [6.07, 6.45) is 0.178. The zero-order valence-corrected chi connectivity index (χ0v) is 6.23. The molecule has 0 spiro atoms. The van der Waals surface area contributed by atoms with Crippen molar-refractivity contribution in [2.75, 3.05) is 0 Å². The summed E-state index contributed by atoms with van der Waals surface area (Å²) >= 11 is 0. The number of hydrogen-bond donors (Lipinski definition) is 1. The quantitative estimate of drug-likeness (QED) is 0.427. The number of phenolic OH excluding ortho intramolecular Hbond substituents is 1. The zero-order chi connectivity index (χ0) is 10.0. The van der Waals surface area contributed by atoms with E-state index < -0.39 is 22.2 Å². The van der Waals surface area contributed by atoms with E-state index in [1.165, 1.54) is 0 Å². The van der Waals surface area contributed by atoms with Gasteiger partial charge in [-0.15, -0.1) is 0 Å². The largest absolute Gasteiger partial charge is 0.505 e. The molecule has 6 heteroatoms. The fraction of sp³-hybridized carbons (Fsp3) is 0. The molecule has 5 nitrogen and oxygen atoms in total. The fourth-order valence-corrected chi connectivity index (χ4v) is 0.820. The van der Waals surface area contributed by atoms with E-state index in [4.69, 9.17) is 5.11 Å². The minimum absolute atomic E-state index is 0.178. The Kier molecular flexibility index (Phi) is 2.23. The molecule has 1 aromatic carbocycles. The molecule has 1 N–H and O–H groups in total. The molecule has 0 atom stereocenters. The average Bonchev–Trinajstić information content (AvgIpc) is 2.08. The lowest BCUT2D eigenvalue weighted by Crippen LogP contribution is -1.95.